The van der Waals surface area contributed by atoms with Crippen molar-refractivity contribution in [3.63, 3.8) is 0 Å². The van der Waals surface area contributed by atoms with Crippen LogP contribution < -0.4 is 0 Å². The van der Waals surface area contributed by atoms with Crippen LogP contribution in [0.5, 0.6) is 0 Å². The maximum absolute atomic E-state index is 11.6. The molecule has 0 heterocycles. The van der Waals surface area contributed by atoms with Crippen molar-refractivity contribution in [3.8, 4) is 0 Å². The third-order valence-electron chi connectivity index (χ3n) is 3.14. The summed E-state index contributed by atoms with van der Waals surface area (Å²) in [6.07, 6.45) is 0.761. The van der Waals surface area contributed by atoms with Crippen LogP contribution in [-0.2, 0) is 19.6 Å². The van der Waals surface area contributed by atoms with E-state index in [1.54, 1.807) is 21.0 Å². The van der Waals surface area contributed by atoms with E-state index in [0.717, 1.165) is 0 Å². The topological polar surface area (TPSA) is 83.9 Å². The number of carbonyl (C=O) groups excluding carboxylic acids is 1. The van der Waals surface area contributed by atoms with Crippen LogP contribution in [0.1, 0.15) is 33.1 Å². The van der Waals surface area contributed by atoms with E-state index in [9.17, 15) is 17.8 Å². The Morgan fingerprint density at radius 1 is 1.42 bits per heavy atom. The minimum atomic E-state index is -4.23. The Labute approximate surface area is 115 Å². The van der Waals surface area contributed by atoms with Crippen LogP contribution in [0.15, 0.2) is 12.2 Å². The van der Waals surface area contributed by atoms with Gasteiger partial charge in [0.2, 0.25) is 0 Å². The molecule has 0 amide bonds. The summed E-state index contributed by atoms with van der Waals surface area (Å²) in [5, 5.41) is 0. The molecule has 0 aliphatic heterocycles. The van der Waals surface area contributed by atoms with Gasteiger partial charge in [-0.2, -0.15) is 8.42 Å². The van der Waals surface area contributed by atoms with Crippen LogP contribution in [0.4, 0.5) is 0 Å². The summed E-state index contributed by atoms with van der Waals surface area (Å²) in [5.74, 6) is -0.501. The normalized spacial score (nSPS) is 15.1. The minimum absolute atomic E-state index is 0.0941. The van der Waals surface area contributed by atoms with E-state index in [1.807, 2.05) is 0 Å². The first-order valence-electron chi connectivity index (χ1n) is 6.05. The molecule has 1 unspecified atom stereocenters. The van der Waals surface area contributed by atoms with Crippen LogP contribution in [0, 0.1) is 0 Å². The number of esters is 1. The van der Waals surface area contributed by atoms with Crippen molar-refractivity contribution in [1.82, 2.24) is 4.90 Å². The van der Waals surface area contributed by atoms with E-state index in [4.69, 9.17) is 4.74 Å². The van der Waals surface area contributed by atoms with Crippen LogP contribution in [0.3, 0.4) is 0 Å². The Morgan fingerprint density at radius 3 is 2.26 bits per heavy atom. The van der Waals surface area contributed by atoms with Crippen molar-refractivity contribution in [3.05, 3.63) is 12.2 Å². The number of carbonyl (C=O) groups is 1. The molecule has 0 fully saturated rings. The maximum atomic E-state index is 11.6. The fourth-order valence-corrected chi connectivity index (χ4v) is 3.12. The van der Waals surface area contributed by atoms with E-state index in [2.05, 4.69) is 6.58 Å². The molecule has 0 saturated heterocycles. The molecular formula is C12H23NO5S. The highest BCUT2D eigenvalue weighted by Crippen LogP contribution is 2.29. The van der Waals surface area contributed by atoms with Crippen molar-refractivity contribution >= 4 is 16.1 Å². The second kappa shape index (κ2) is 7.02. The van der Waals surface area contributed by atoms with Gasteiger partial charge in [-0.25, -0.2) is 4.79 Å². The van der Waals surface area contributed by atoms with Gasteiger partial charge in [0.25, 0.3) is 10.1 Å². The van der Waals surface area contributed by atoms with Gasteiger partial charge in [-0.3, -0.25) is 9.45 Å². The van der Waals surface area contributed by atoms with Gasteiger partial charge in [-0.05, 0) is 40.3 Å². The van der Waals surface area contributed by atoms with Gasteiger partial charge in [0.1, 0.15) is 4.87 Å². The molecule has 0 aliphatic carbocycles. The minimum Gasteiger partial charge on any atom is -0.462 e. The molecule has 0 bridgehead atoms. The smallest absolute Gasteiger partial charge is 0.333 e. The first-order chi connectivity index (χ1) is 8.58. The molecule has 0 aromatic carbocycles. The number of hydrogen-bond acceptors (Lipinski definition) is 5. The van der Waals surface area contributed by atoms with Gasteiger partial charge < -0.3 is 4.74 Å². The summed E-state index contributed by atoms with van der Waals surface area (Å²) in [7, 11) is -1.04. The molecule has 0 aromatic rings. The van der Waals surface area contributed by atoms with Crippen molar-refractivity contribution in [2.75, 3.05) is 20.7 Å². The van der Waals surface area contributed by atoms with Gasteiger partial charge in [0.05, 0.1) is 6.61 Å². The Kier molecular flexibility index (Phi) is 6.68. The van der Waals surface area contributed by atoms with Crippen molar-refractivity contribution in [2.24, 2.45) is 0 Å². The van der Waals surface area contributed by atoms with Gasteiger partial charge in [-0.1, -0.05) is 13.5 Å². The lowest BCUT2D eigenvalue weighted by molar-refractivity contribution is -0.139. The number of rotatable bonds is 8. The van der Waals surface area contributed by atoms with E-state index in [1.165, 1.54) is 11.8 Å². The largest absolute Gasteiger partial charge is 0.462 e. The predicted octanol–water partition coefficient (Wildman–Crippen LogP) is 1.44. The lowest BCUT2D eigenvalue weighted by Crippen LogP contribution is -2.50. The fourth-order valence-electron chi connectivity index (χ4n) is 1.90. The summed E-state index contributed by atoms with van der Waals surface area (Å²) in [6, 6.07) is 0. The second-order valence-electron chi connectivity index (χ2n) is 4.69. The summed E-state index contributed by atoms with van der Waals surface area (Å²) in [4.78, 5) is 11.3. The monoisotopic (exact) mass is 293 g/mol. The van der Waals surface area contributed by atoms with E-state index >= 15 is 0 Å². The lowest BCUT2D eigenvalue weighted by Gasteiger charge is -2.35. The van der Waals surface area contributed by atoms with Gasteiger partial charge >= 0.3 is 5.97 Å². The molecule has 0 rings (SSSR count). The molecule has 0 aliphatic rings. The molecule has 6 nitrogen and oxygen atoms in total. The maximum Gasteiger partial charge on any atom is 0.333 e. The average molecular weight is 293 g/mol. The summed E-state index contributed by atoms with van der Waals surface area (Å²) < 4.78 is 37.4. The van der Waals surface area contributed by atoms with Crippen LogP contribution >= 0.6 is 0 Å². The Bertz CT molecular complexity index is 429. The molecule has 0 radical (unpaired) electrons. The van der Waals surface area contributed by atoms with E-state index in [-0.39, 0.29) is 19.4 Å². The molecule has 0 saturated carbocycles. The van der Waals surface area contributed by atoms with Gasteiger partial charge in [0.15, 0.2) is 0 Å². The molecule has 1 atom stereocenters. The third kappa shape index (κ3) is 4.59. The van der Waals surface area contributed by atoms with Crippen molar-refractivity contribution in [2.45, 2.75) is 38.0 Å². The van der Waals surface area contributed by atoms with E-state index in [0.29, 0.717) is 12.0 Å². The molecule has 0 spiro atoms. The van der Waals surface area contributed by atoms with Gasteiger partial charge in [-0.15, -0.1) is 0 Å². The Morgan fingerprint density at radius 2 is 1.95 bits per heavy atom. The Balaban J connectivity index is 4.63. The summed E-state index contributed by atoms with van der Waals surface area (Å²) in [5.41, 5.74) is 0.296. The number of hydrogen-bond donors (Lipinski definition) is 1. The van der Waals surface area contributed by atoms with E-state index < -0.39 is 21.0 Å². The number of ether oxygens (including phenoxy) is 1. The lowest BCUT2D eigenvalue weighted by atomic mass is 10.1. The van der Waals surface area contributed by atoms with Crippen molar-refractivity contribution < 1.29 is 22.5 Å². The average Bonchev–Trinajstić information content (AvgIpc) is 2.26. The van der Waals surface area contributed by atoms with Crippen molar-refractivity contribution in [1.29, 1.82) is 0 Å². The SMILES string of the molecule is C=C(C)C(=O)OCCCC(CC)(N(C)C)S(=O)(=O)O. The highest BCUT2D eigenvalue weighted by Gasteiger charge is 2.42. The third-order valence-corrected chi connectivity index (χ3v) is 4.96. The number of nitrogens with zero attached hydrogens (tertiary/aromatic N) is 1. The molecule has 19 heavy (non-hydrogen) atoms. The zero-order valence-corrected chi connectivity index (χ0v) is 12.8. The standard InChI is InChI=1S/C12H23NO5S/c1-6-12(13(4)5,19(15,16)17)8-7-9-18-11(14)10(2)3/h2,6-9H2,1,3-5H3,(H,15,16,17). The summed E-state index contributed by atoms with van der Waals surface area (Å²) in [6.45, 7) is 6.77. The second-order valence-corrected chi connectivity index (χ2v) is 6.40. The fraction of sp³-hybridized carbons (Fsp3) is 0.750. The molecule has 112 valence electrons. The Hall–Kier alpha value is -0.920. The molecular weight excluding hydrogens is 270 g/mol. The zero-order chi connectivity index (χ0) is 15.3. The molecule has 7 heteroatoms. The van der Waals surface area contributed by atoms with Crippen LogP contribution in [0.2, 0.25) is 0 Å². The van der Waals surface area contributed by atoms with Crippen LogP contribution in [-0.4, -0.2) is 49.4 Å². The first kappa shape index (κ1) is 18.1. The molecule has 1 N–H and O–H groups in total. The quantitative estimate of drug-likeness (QED) is 0.315. The summed E-state index contributed by atoms with van der Waals surface area (Å²) >= 11 is 0. The molecule has 0 aromatic heterocycles. The first-order valence-corrected chi connectivity index (χ1v) is 7.49. The highest BCUT2D eigenvalue weighted by molar-refractivity contribution is 7.87. The highest BCUT2D eigenvalue weighted by atomic mass is 32.2. The zero-order valence-electron chi connectivity index (χ0n) is 12.0. The van der Waals surface area contributed by atoms with Crippen LogP contribution in [0.25, 0.3) is 0 Å². The van der Waals surface area contributed by atoms with Gasteiger partial charge in [0, 0.05) is 5.57 Å². The predicted molar refractivity (Wildman–Crippen MR) is 73.3 cm³/mol.